The molecule has 6 nitrogen and oxygen atoms in total. The van der Waals surface area contributed by atoms with Gasteiger partial charge in [0.15, 0.2) is 0 Å². The minimum absolute atomic E-state index is 0.0142. The van der Waals surface area contributed by atoms with E-state index < -0.39 is 17.8 Å². The average molecular weight is 343 g/mol. The molecular formula is C19H21NO5. The molecule has 2 bridgehead atoms. The van der Waals surface area contributed by atoms with Gasteiger partial charge in [0.25, 0.3) is 0 Å². The fourth-order valence-corrected chi connectivity index (χ4v) is 4.69. The van der Waals surface area contributed by atoms with E-state index >= 15 is 0 Å². The van der Waals surface area contributed by atoms with Crippen LogP contribution in [0.5, 0.6) is 11.5 Å². The van der Waals surface area contributed by atoms with Crippen LogP contribution in [-0.2, 0) is 9.59 Å². The Bertz CT molecular complexity index is 758. The van der Waals surface area contributed by atoms with Crippen molar-refractivity contribution in [2.24, 2.45) is 35.5 Å². The molecule has 2 saturated carbocycles. The number of hydrogen-bond donors (Lipinski definition) is 2. The topological polar surface area (TPSA) is 84.9 Å². The second kappa shape index (κ2) is 5.79. The lowest BCUT2D eigenvalue weighted by molar-refractivity contribution is -0.152. The number of carboxylic acid groups (broad SMARTS) is 1. The van der Waals surface area contributed by atoms with Gasteiger partial charge in [-0.25, -0.2) is 0 Å². The van der Waals surface area contributed by atoms with Crippen molar-refractivity contribution in [1.29, 1.82) is 0 Å². The summed E-state index contributed by atoms with van der Waals surface area (Å²) >= 11 is 0. The number of rotatable bonds is 5. The SMILES string of the molecule is COc1ccc(NC(=O)C2C3C=CC(C4CC34)C2C(=O)O)c(OC)c1. The maximum absolute atomic E-state index is 13.0. The predicted molar refractivity (Wildman–Crippen MR) is 90.5 cm³/mol. The first-order chi connectivity index (χ1) is 12.0. The van der Waals surface area contributed by atoms with E-state index in [2.05, 4.69) is 5.32 Å². The lowest BCUT2D eigenvalue weighted by Gasteiger charge is -2.41. The maximum atomic E-state index is 13.0. The number of benzene rings is 1. The molecule has 6 atom stereocenters. The smallest absolute Gasteiger partial charge is 0.307 e. The molecule has 132 valence electrons. The highest BCUT2D eigenvalue weighted by Crippen LogP contribution is 2.63. The molecule has 0 spiro atoms. The first-order valence-corrected chi connectivity index (χ1v) is 8.49. The molecule has 4 aliphatic rings. The molecule has 6 heteroatoms. The zero-order chi connectivity index (χ0) is 17.7. The highest BCUT2D eigenvalue weighted by Gasteiger charge is 2.63. The third-order valence-corrected chi connectivity index (χ3v) is 5.91. The van der Waals surface area contributed by atoms with Crippen molar-refractivity contribution in [3.8, 4) is 11.5 Å². The van der Waals surface area contributed by atoms with E-state index in [-0.39, 0.29) is 17.7 Å². The number of carbonyl (C=O) groups is 2. The zero-order valence-electron chi connectivity index (χ0n) is 14.1. The van der Waals surface area contributed by atoms with Crippen molar-refractivity contribution < 1.29 is 24.2 Å². The Morgan fingerprint density at radius 3 is 2.36 bits per heavy atom. The van der Waals surface area contributed by atoms with Crippen molar-refractivity contribution >= 4 is 17.6 Å². The normalized spacial score (nSPS) is 34.2. The highest BCUT2D eigenvalue weighted by molar-refractivity contribution is 5.97. The standard InChI is InChI=1S/C19H21NO5/c1-24-9-3-6-14(15(7-9)25-2)20-18(21)16-10-4-5-11(13-8-12(10)13)17(16)19(22)23/h3-7,10-13,16-17H,8H2,1-2H3,(H,20,21)(H,22,23). The van der Waals surface area contributed by atoms with Gasteiger partial charge in [0.2, 0.25) is 5.91 Å². The van der Waals surface area contributed by atoms with Crippen molar-refractivity contribution in [3.05, 3.63) is 30.4 Å². The molecule has 2 N–H and O–H groups in total. The van der Waals surface area contributed by atoms with Crippen LogP contribution in [-0.4, -0.2) is 31.2 Å². The Morgan fingerprint density at radius 1 is 1.08 bits per heavy atom. The highest BCUT2D eigenvalue weighted by atomic mass is 16.5. The van der Waals surface area contributed by atoms with Gasteiger partial charge < -0.3 is 19.9 Å². The summed E-state index contributed by atoms with van der Waals surface area (Å²) in [5, 5.41) is 12.6. The summed E-state index contributed by atoms with van der Waals surface area (Å²) in [6.45, 7) is 0. The first kappa shape index (κ1) is 16.0. The summed E-state index contributed by atoms with van der Waals surface area (Å²) in [5.74, 6) is -0.326. The van der Waals surface area contributed by atoms with Crippen LogP contribution in [0.25, 0.3) is 0 Å². The minimum Gasteiger partial charge on any atom is -0.497 e. The summed E-state index contributed by atoms with van der Waals surface area (Å²) in [5.41, 5.74) is 0.523. The lowest BCUT2D eigenvalue weighted by Crippen LogP contribution is -2.48. The van der Waals surface area contributed by atoms with Gasteiger partial charge in [-0.05, 0) is 42.2 Å². The number of hydrogen-bond acceptors (Lipinski definition) is 4. The van der Waals surface area contributed by atoms with Crippen LogP contribution in [0.4, 0.5) is 5.69 Å². The second-order valence-electron chi connectivity index (χ2n) is 7.05. The number of methoxy groups -OCH3 is 2. The van der Waals surface area contributed by atoms with Crippen molar-refractivity contribution in [1.82, 2.24) is 0 Å². The van der Waals surface area contributed by atoms with Gasteiger partial charge in [0.1, 0.15) is 11.5 Å². The lowest BCUT2D eigenvalue weighted by atomic mass is 9.62. The van der Waals surface area contributed by atoms with Crippen LogP contribution >= 0.6 is 0 Å². The van der Waals surface area contributed by atoms with Crippen LogP contribution in [0.15, 0.2) is 30.4 Å². The van der Waals surface area contributed by atoms with E-state index in [1.807, 2.05) is 12.2 Å². The van der Waals surface area contributed by atoms with Gasteiger partial charge in [0, 0.05) is 6.07 Å². The van der Waals surface area contributed by atoms with E-state index in [4.69, 9.17) is 9.47 Å². The number of fused-ring (bicyclic) bond motifs is 1. The molecule has 6 unspecified atom stereocenters. The summed E-state index contributed by atoms with van der Waals surface area (Å²) in [6.07, 6.45) is 5.09. The number of amides is 1. The Labute approximate surface area is 145 Å². The molecule has 0 heterocycles. The summed E-state index contributed by atoms with van der Waals surface area (Å²) < 4.78 is 10.5. The largest absolute Gasteiger partial charge is 0.497 e. The number of anilines is 1. The van der Waals surface area contributed by atoms with Crippen molar-refractivity contribution in [2.75, 3.05) is 19.5 Å². The van der Waals surface area contributed by atoms with Crippen LogP contribution in [0, 0.1) is 35.5 Å². The predicted octanol–water partition coefficient (Wildman–Crippen LogP) is 2.41. The molecule has 0 aromatic heterocycles. The van der Waals surface area contributed by atoms with E-state index in [1.54, 1.807) is 25.3 Å². The van der Waals surface area contributed by atoms with Gasteiger partial charge in [0.05, 0.1) is 31.7 Å². The summed E-state index contributed by atoms with van der Waals surface area (Å²) in [4.78, 5) is 24.8. The number of allylic oxidation sites excluding steroid dienone is 2. The van der Waals surface area contributed by atoms with Crippen LogP contribution in [0.1, 0.15) is 6.42 Å². The molecule has 4 aliphatic carbocycles. The Morgan fingerprint density at radius 2 is 1.76 bits per heavy atom. The van der Waals surface area contributed by atoms with E-state index in [1.165, 1.54) is 7.11 Å². The Hall–Kier alpha value is -2.50. The third-order valence-electron chi connectivity index (χ3n) is 5.91. The number of nitrogens with one attached hydrogen (secondary N) is 1. The summed E-state index contributed by atoms with van der Waals surface area (Å²) in [7, 11) is 3.08. The van der Waals surface area contributed by atoms with Gasteiger partial charge >= 0.3 is 5.97 Å². The Kier molecular flexibility index (Phi) is 3.71. The average Bonchev–Trinajstić information content (AvgIpc) is 3.43. The number of carbonyl (C=O) groups excluding carboxylic acids is 1. The second-order valence-corrected chi connectivity index (χ2v) is 7.05. The summed E-state index contributed by atoms with van der Waals surface area (Å²) in [6, 6.07) is 5.13. The maximum Gasteiger partial charge on any atom is 0.307 e. The first-order valence-electron chi connectivity index (χ1n) is 8.49. The third kappa shape index (κ3) is 2.47. The molecule has 0 radical (unpaired) electrons. The Balaban J connectivity index is 1.60. The van der Waals surface area contributed by atoms with Crippen LogP contribution < -0.4 is 14.8 Å². The minimum atomic E-state index is -0.883. The van der Waals surface area contributed by atoms with Crippen LogP contribution in [0.2, 0.25) is 0 Å². The van der Waals surface area contributed by atoms with Gasteiger partial charge in [-0.2, -0.15) is 0 Å². The quantitative estimate of drug-likeness (QED) is 0.802. The number of aliphatic carboxylic acids is 1. The molecule has 1 aromatic carbocycles. The van der Waals surface area contributed by atoms with E-state index in [0.29, 0.717) is 29.0 Å². The fourth-order valence-electron chi connectivity index (χ4n) is 4.69. The molecule has 0 aliphatic heterocycles. The number of carboxylic acids is 1. The molecule has 5 rings (SSSR count). The van der Waals surface area contributed by atoms with Gasteiger partial charge in [-0.1, -0.05) is 12.2 Å². The van der Waals surface area contributed by atoms with Gasteiger partial charge in [-0.15, -0.1) is 0 Å². The zero-order valence-corrected chi connectivity index (χ0v) is 14.1. The molecule has 25 heavy (non-hydrogen) atoms. The fraction of sp³-hybridized carbons (Fsp3) is 0.474. The number of ether oxygens (including phenoxy) is 2. The van der Waals surface area contributed by atoms with Crippen molar-refractivity contribution in [3.63, 3.8) is 0 Å². The van der Waals surface area contributed by atoms with Crippen molar-refractivity contribution in [2.45, 2.75) is 6.42 Å². The van der Waals surface area contributed by atoms with E-state index in [0.717, 1.165) is 6.42 Å². The molecule has 2 fully saturated rings. The molecular weight excluding hydrogens is 322 g/mol. The van der Waals surface area contributed by atoms with Crippen LogP contribution in [0.3, 0.4) is 0 Å². The van der Waals surface area contributed by atoms with E-state index in [9.17, 15) is 14.7 Å². The van der Waals surface area contributed by atoms with Gasteiger partial charge in [-0.3, -0.25) is 9.59 Å². The molecule has 1 amide bonds. The monoisotopic (exact) mass is 343 g/mol. The molecule has 1 aromatic rings. The molecule has 0 saturated heterocycles.